The van der Waals surface area contributed by atoms with E-state index in [1.165, 1.54) is 31.1 Å². The highest BCUT2D eigenvalue weighted by atomic mass is 19.4. The molecule has 3 aromatic heterocycles. The van der Waals surface area contributed by atoms with Crippen LogP contribution in [0.2, 0.25) is 0 Å². The molecule has 0 spiro atoms. The van der Waals surface area contributed by atoms with Gasteiger partial charge in [-0.3, -0.25) is 9.69 Å². The zero-order valence-electron chi connectivity index (χ0n) is 22.8. The van der Waals surface area contributed by atoms with Gasteiger partial charge in [-0.15, -0.1) is 10.2 Å². The number of aromatic nitrogens is 4. The van der Waals surface area contributed by atoms with Crippen molar-refractivity contribution in [2.45, 2.75) is 19.1 Å². The summed E-state index contributed by atoms with van der Waals surface area (Å²) in [6.07, 6.45) is -0.500. The Bertz CT molecular complexity index is 1590. The molecule has 4 aromatic rings. The molecule has 8 nitrogen and oxygen atoms in total. The van der Waals surface area contributed by atoms with Crippen LogP contribution in [0.1, 0.15) is 33.6 Å². The third-order valence-corrected chi connectivity index (χ3v) is 7.23. The lowest BCUT2D eigenvalue weighted by atomic mass is 9.92. The molecule has 0 saturated carbocycles. The predicted octanol–water partition coefficient (Wildman–Crippen LogP) is 5.08. The lowest BCUT2D eigenvalue weighted by molar-refractivity contribution is -0.137. The van der Waals surface area contributed by atoms with Crippen molar-refractivity contribution in [2.75, 3.05) is 39.5 Å². The van der Waals surface area contributed by atoms with Crippen LogP contribution in [-0.2, 0) is 19.8 Å². The van der Waals surface area contributed by atoms with Crippen LogP contribution in [0, 0.1) is 0 Å². The van der Waals surface area contributed by atoms with Crippen LogP contribution < -0.4 is 5.32 Å². The average Bonchev–Trinajstić information content (AvgIpc) is 3.27. The molecule has 1 amide bonds. The minimum absolute atomic E-state index is 0.0202. The van der Waals surface area contributed by atoms with Gasteiger partial charge < -0.3 is 14.8 Å². The highest BCUT2D eigenvalue weighted by molar-refractivity contribution is 5.95. The number of benzene rings is 1. The number of carbonyl (C=O) groups excluding carboxylic acids is 1. The van der Waals surface area contributed by atoms with Gasteiger partial charge in [0.1, 0.15) is 11.5 Å². The number of hydrogen-bond donors (Lipinski definition) is 1. The second-order valence-corrected chi connectivity index (χ2v) is 10.0. The second-order valence-electron chi connectivity index (χ2n) is 10.0. The maximum absolute atomic E-state index is 14.0. The van der Waals surface area contributed by atoms with Crippen LogP contribution in [0.3, 0.4) is 0 Å². The maximum atomic E-state index is 14.0. The van der Waals surface area contributed by atoms with Gasteiger partial charge in [-0.2, -0.15) is 13.2 Å². The summed E-state index contributed by atoms with van der Waals surface area (Å²) in [6.45, 7) is 1.72. The van der Waals surface area contributed by atoms with E-state index < -0.39 is 17.6 Å². The molecule has 0 unspecified atom stereocenters. The predicted molar refractivity (Wildman–Crippen MR) is 149 cm³/mol. The fraction of sp³-hybridized carbons (Fsp3) is 0.310. The first-order chi connectivity index (χ1) is 19.1. The second kappa shape index (κ2) is 10.7. The monoisotopic (exact) mass is 549 g/mol. The zero-order chi connectivity index (χ0) is 28.6. The van der Waals surface area contributed by atoms with Crippen molar-refractivity contribution in [3.05, 3.63) is 77.1 Å². The molecule has 1 aromatic carbocycles. The first kappa shape index (κ1) is 27.3. The van der Waals surface area contributed by atoms with Crippen molar-refractivity contribution in [2.24, 2.45) is 7.05 Å². The molecule has 0 aliphatic carbocycles. The Morgan fingerprint density at radius 1 is 1.07 bits per heavy atom. The first-order valence-corrected chi connectivity index (χ1v) is 12.9. The fourth-order valence-electron chi connectivity index (χ4n) is 5.03. The highest BCUT2D eigenvalue weighted by Gasteiger charge is 2.35. The van der Waals surface area contributed by atoms with Crippen molar-refractivity contribution in [1.29, 1.82) is 0 Å². The van der Waals surface area contributed by atoms with Gasteiger partial charge in [0.2, 0.25) is 0 Å². The summed E-state index contributed by atoms with van der Waals surface area (Å²) in [5.41, 5.74) is 3.54. The van der Waals surface area contributed by atoms with Gasteiger partial charge in [0, 0.05) is 76.2 Å². The highest BCUT2D eigenvalue weighted by Crippen LogP contribution is 2.38. The third kappa shape index (κ3) is 5.29. The molecule has 1 aliphatic rings. The molecule has 0 saturated heterocycles. The number of rotatable bonds is 6. The average molecular weight is 550 g/mol. The van der Waals surface area contributed by atoms with Gasteiger partial charge in [0.05, 0.1) is 11.3 Å². The largest absolute Gasteiger partial charge is 0.417 e. The fourth-order valence-corrected chi connectivity index (χ4v) is 5.03. The number of hydrogen-bond acceptors (Lipinski definition) is 6. The van der Waals surface area contributed by atoms with E-state index in [2.05, 4.69) is 31.5 Å². The van der Waals surface area contributed by atoms with Crippen LogP contribution in [0.15, 0.2) is 54.7 Å². The van der Waals surface area contributed by atoms with E-state index >= 15 is 0 Å². The minimum atomic E-state index is -4.57. The van der Waals surface area contributed by atoms with Crippen LogP contribution >= 0.6 is 0 Å². The van der Waals surface area contributed by atoms with Crippen molar-refractivity contribution >= 4 is 28.3 Å². The Labute approximate surface area is 230 Å². The molecule has 1 aliphatic heterocycles. The Hall–Kier alpha value is -4.25. The van der Waals surface area contributed by atoms with Crippen LogP contribution in [0.5, 0.6) is 0 Å². The Morgan fingerprint density at radius 2 is 1.88 bits per heavy atom. The van der Waals surface area contributed by atoms with Gasteiger partial charge >= 0.3 is 6.18 Å². The summed E-state index contributed by atoms with van der Waals surface area (Å²) in [5.74, 6) is 0.219. The molecule has 4 heterocycles. The normalized spacial score (nSPS) is 14.3. The van der Waals surface area contributed by atoms with Crippen molar-refractivity contribution in [1.82, 2.24) is 29.5 Å². The van der Waals surface area contributed by atoms with E-state index in [1.807, 2.05) is 35.9 Å². The van der Waals surface area contributed by atoms with Gasteiger partial charge in [0.15, 0.2) is 0 Å². The van der Waals surface area contributed by atoms with Crippen molar-refractivity contribution in [3.8, 4) is 11.3 Å². The smallest absolute Gasteiger partial charge is 0.372 e. The van der Waals surface area contributed by atoms with Crippen molar-refractivity contribution in [3.63, 3.8) is 0 Å². The SMILES string of the molecule is CNc1ccc(-c2ccnc3c2cc(CN2CC=C(c4ccc(C(=O)N(C)C)cc4C(F)(F)F)CC2)n3C)nn1. The lowest BCUT2D eigenvalue weighted by Crippen LogP contribution is -2.29. The number of carbonyl (C=O) groups is 1. The number of nitrogens with one attached hydrogen (secondary N) is 1. The summed E-state index contributed by atoms with van der Waals surface area (Å²) in [5, 5.41) is 12.5. The van der Waals surface area contributed by atoms with E-state index in [9.17, 15) is 18.0 Å². The Balaban J connectivity index is 1.38. The van der Waals surface area contributed by atoms with Gasteiger partial charge in [-0.25, -0.2) is 4.98 Å². The molecule has 0 bridgehead atoms. The summed E-state index contributed by atoms with van der Waals surface area (Å²) >= 11 is 0. The number of halogens is 3. The van der Waals surface area contributed by atoms with Crippen molar-refractivity contribution < 1.29 is 18.0 Å². The number of alkyl halides is 3. The molecule has 0 radical (unpaired) electrons. The molecular weight excluding hydrogens is 519 g/mol. The summed E-state index contributed by atoms with van der Waals surface area (Å²) in [6, 6.07) is 11.6. The molecule has 11 heteroatoms. The van der Waals surface area contributed by atoms with Gasteiger partial charge in [-0.05, 0) is 54.0 Å². The minimum Gasteiger partial charge on any atom is -0.372 e. The Morgan fingerprint density at radius 3 is 2.50 bits per heavy atom. The topological polar surface area (TPSA) is 79.2 Å². The van der Waals surface area contributed by atoms with E-state index in [4.69, 9.17) is 0 Å². The molecule has 40 heavy (non-hydrogen) atoms. The molecule has 208 valence electrons. The van der Waals surface area contributed by atoms with Crippen LogP contribution in [0.25, 0.3) is 27.9 Å². The van der Waals surface area contributed by atoms with Gasteiger partial charge in [-0.1, -0.05) is 12.1 Å². The number of aryl methyl sites for hydroxylation is 1. The number of fused-ring (bicyclic) bond motifs is 1. The molecule has 5 rings (SSSR count). The summed E-state index contributed by atoms with van der Waals surface area (Å²) in [7, 11) is 6.78. The van der Waals surface area contributed by atoms with Crippen LogP contribution in [0.4, 0.5) is 19.0 Å². The third-order valence-electron chi connectivity index (χ3n) is 7.23. The molecule has 0 fully saturated rings. The quantitative estimate of drug-likeness (QED) is 0.361. The van der Waals surface area contributed by atoms with E-state index in [0.29, 0.717) is 37.4 Å². The first-order valence-electron chi connectivity index (χ1n) is 12.9. The van der Waals surface area contributed by atoms with Gasteiger partial charge in [0.25, 0.3) is 5.91 Å². The van der Waals surface area contributed by atoms with Crippen LogP contribution in [-0.4, -0.2) is 69.7 Å². The maximum Gasteiger partial charge on any atom is 0.417 e. The molecule has 1 N–H and O–H groups in total. The van der Waals surface area contributed by atoms with E-state index in [-0.39, 0.29) is 11.1 Å². The lowest BCUT2D eigenvalue weighted by Gasteiger charge is -2.27. The standard InChI is InChI=1S/C29H30F3N7O/c1-33-26-8-7-25(35-36-26)22-9-12-34-27-23(22)16-20(38(27)4)17-39-13-10-18(11-14-39)21-6-5-19(28(40)37(2)3)15-24(21)29(30,31)32/h5-10,12,15-16H,11,13-14,17H2,1-4H3,(H,33,36). The zero-order valence-corrected chi connectivity index (χ0v) is 22.8. The number of nitrogens with zero attached hydrogens (tertiary/aromatic N) is 6. The van der Waals surface area contributed by atoms with E-state index in [0.717, 1.165) is 34.1 Å². The van der Waals surface area contributed by atoms with E-state index in [1.54, 1.807) is 13.2 Å². The number of pyridine rings is 1. The number of amides is 1. The number of anilines is 1. The Kier molecular flexibility index (Phi) is 7.33. The molecular formula is C29H30F3N7O. The summed E-state index contributed by atoms with van der Waals surface area (Å²) < 4.78 is 43.9. The summed E-state index contributed by atoms with van der Waals surface area (Å²) in [4.78, 5) is 20.3. The molecule has 0 atom stereocenters.